The molecule has 18 nitrogen and oxygen atoms in total. The maximum absolute atomic E-state index is 13.1. The molecule has 51 heavy (non-hydrogen) atoms. The van der Waals surface area contributed by atoms with Gasteiger partial charge < -0.3 is 36.4 Å². The van der Waals surface area contributed by atoms with Gasteiger partial charge in [-0.3, -0.25) is 14.1 Å². The number of carbonyl (C=O) groups excluding carboxylic acids is 2. The molecular weight excluding hydrogens is 729 g/mol. The predicted molar refractivity (Wildman–Crippen MR) is 175 cm³/mol. The average molecular weight is 763 g/mol. The van der Waals surface area contributed by atoms with Crippen LogP contribution in [0.2, 0.25) is 0 Å². The normalized spacial score (nSPS) is 17.9. The Labute approximate surface area is 292 Å². The van der Waals surface area contributed by atoms with E-state index in [9.17, 15) is 31.2 Å². The number of anilines is 2. The molecule has 2 aliphatic heterocycles. The Bertz CT molecular complexity index is 1890. The molecule has 0 saturated carbocycles. The number of amides is 2. The van der Waals surface area contributed by atoms with Crippen molar-refractivity contribution in [3.63, 3.8) is 0 Å². The number of piperidine rings is 1. The molecule has 4 heterocycles. The molecule has 2 amide bonds. The van der Waals surface area contributed by atoms with Gasteiger partial charge in [0.05, 0.1) is 5.54 Å². The SMILES string of the molecule is CC1(C)[C@H](NC(=O)/C(=N\OCCOc2ccc3c(NC4CCNCC4)nccc3c2)c2csc(N)n2)C(=O)N1OS(=O)(=O)O.O=C(O)C(F)(F)F. The van der Waals surface area contributed by atoms with Crippen LogP contribution < -0.4 is 26.4 Å². The highest BCUT2D eigenvalue weighted by atomic mass is 32.3. The van der Waals surface area contributed by atoms with Gasteiger partial charge in [-0.2, -0.15) is 26.7 Å². The summed E-state index contributed by atoms with van der Waals surface area (Å²) in [7, 11) is -4.95. The number of carbonyl (C=O) groups is 3. The fraction of sp³-hybridized carbons (Fsp3) is 0.429. The van der Waals surface area contributed by atoms with Gasteiger partial charge in [-0.1, -0.05) is 5.16 Å². The van der Waals surface area contributed by atoms with Gasteiger partial charge in [0.15, 0.2) is 17.5 Å². The Hall–Kier alpha value is -4.84. The number of nitrogens with one attached hydrogen (secondary N) is 3. The first kappa shape index (κ1) is 39.0. The number of hydrogen-bond donors (Lipinski definition) is 6. The van der Waals surface area contributed by atoms with Crippen molar-refractivity contribution in [1.29, 1.82) is 0 Å². The van der Waals surface area contributed by atoms with E-state index in [1.165, 1.54) is 19.2 Å². The summed E-state index contributed by atoms with van der Waals surface area (Å²) in [6.07, 6.45) is -1.27. The summed E-state index contributed by atoms with van der Waals surface area (Å²) in [5.41, 5.74) is 4.26. The number of benzene rings is 1. The van der Waals surface area contributed by atoms with E-state index in [1.54, 1.807) is 6.20 Å². The van der Waals surface area contributed by atoms with E-state index in [0.29, 0.717) is 16.9 Å². The minimum absolute atomic E-state index is 0.0306. The van der Waals surface area contributed by atoms with E-state index in [2.05, 4.69) is 35.4 Å². The maximum atomic E-state index is 13.1. The first-order valence-corrected chi connectivity index (χ1v) is 17.1. The molecule has 0 bridgehead atoms. The number of carboxylic acid groups (broad SMARTS) is 1. The molecule has 278 valence electrons. The third-order valence-corrected chi connectivity index (χ3v) is 8.37. The number of rotatable bonds is 12. The third kappa shape index (κ3) is 10.3. The van der Waals surface area contributed by atoms with Crippen LogP contribution in [0.5, 0.6) is 5.75 Å². The minimum Gasteiger partial charge on any atom is -0.490 e. The number of pyridine rings is 1. The van der Waals surface area contributed by atoms with Gasteiger partial charge in [0.1, 0.15) is 29.9 Å². The smallest absolute Gasteiger partial charge is 0.490 e. The number of aliphatic carboxylic acids is 1. The summed E-state index contributed by atoms with van der Waals surface area (Å²) in [5.74, 6) is -3.04. The van der Waals surface area contributed by atoms with Crippen LogP contribution in [0.1, 0.15) is 32.4 Å². The van der Waals surface area contributed by atoms with Crippen LogP contribution in [0.3, 0.4) is 0 Å². The summed E-state index contributed by atoms with van der Waals surface area (Å²) < 4.78 is 73.0. The van der Waals surface area contributed by atoms with E-state index in [-0.39, 0.29) is 29.8 Å². The number of nitrogens with zero attached hydrogens (tertiary/aromatic N) is 4. The largest absolute Gasteiger partial charge is 0.490 e. The number of aromatic nitrogens is 2. The zero-order chi connectivity index (χ0) is 37.6. The summed E-state index contributed by atoms with van der Waals surface area (Å²) in [6, 6.07) is 6.76. The molecule has 2 aromatic heterocycles. The second-order valence-electron chi connectivity index (χ2n) is 11.4. The molecule has 7 N–H and O–H groups in total. The quantitative estimate of drug-likeness (QED) is 0.0505. The van der Waals surface area contributed by atoms with E-state index in [0.717, 1.165) is 53.9 Å². The average Bonchev–Trinajstić information content (AvgIpc) is 3.49. The summed E-state index contributed by atoms with van der Waals surface area (Å²) in [6.45, 7) is 4.89. The van der Waals surface area contributed by atoms with Crippen LogP contribution in [-0.4, -0.2) is 107 Å². The van der Waals surface area contributed by atoms with Crippen LogP contribution in [0.15, 0.2) is 41.0 Å². The highest BCUT2D eigenvalue weighted by Crippen LogP contribution is 2.33. The molecular formula is C28H33F3N8O10S2. The van der Waals surface area contributed by atoms with Crippen LogP contribution in [0, 0.1) is 0 Å². The first-order valence-electron chi connectivity index (χ1n) is 14.9. The second-order valence-corrected chi connectivity index (χ2v) is 13.3. The topological polar surface area (TPSA) is 257 Å². The van der Waals surface area contributed by atoms with E-state index >= 15 is 0 Å². The number of β-lactam (4-membered cyclic amide) rings is 1. The molecule has 1 atom stereocenters. The second kappa shape index (κ2) is 16.0. The van der Waals surface area contributed by atoms with Gasteiger partial charge in [-0.15, -0.1) is 15.6 Å². The zero-order valence-electron chi connectivity index (χ0n) is 26.8. The Balaban J connectivity index is 0.000000755. The number of fused-ring (bicyclic) bond motifs is 1. The Morgan fingerprint density at radius 1 is 1.22 bits per heavy atom. The van der Waals surface area contributed by atoms with Gasteiger partial charge in [-0.05, 0) is 69.4 Å². The van der Waals surface area contributed by atoms with Gasteiger partial charge in [-0.25, -0.2) is 14.8 Å². The van der Waals surface area contributed by atoms with Crippen molar-refractivity contribution in [2.75, 3.05) is 37.4 Å². The minimum atomic E-state index is -5.08. The van der Waals surface area contributed by atoms with Crippen molar-refractivity contribution in [1.82, 2.24) is 25.7 Å². The standard InChI is InChI=1S/C26H32N8O8S2.C2HF3O2/c1-26(2)21(24(36)34(26)42-44(37,38)39)32-23(35)20(19-14-43-25(27)31-19)33-41-12-11-40-17-3-4-18-15(13-17)5-10-29-22(18)30-16-6-8-28-9-7-16;3-2(4,5)1(6)7/h3-5,10,13-14,16,21,28H,6-9,11-12H2,1-2H3,(H2,27,31)(H,29,30)(H,32,35)(H,37,38,39);(H,6,7)/b33-20-;/t21-;/m1./s1. The highest BCUT2D eigenvalue weighted by Gasteiger charge is 2.58. The van der Waals surface area contributed by atoms with E-state index in [1.807, 2.05) is 24.3 Å². The molecule has 2 saturated heterocycles. The molecule has 2 aliphatic rings. The fourth-order valence-electron chi connectivity index (χ4n) is 4.85. The molecule has 0 spiro atoms. The van der Waals surface area contributed by atoms with Crippen molar-refractivity contribution < 1.29 is 59.5 Å². The monoisotopic (exact) mass is 762 g/mol. The Morgan fingerprint density at radius 3 is 2.49 bits per heavy atom. The third-order valence-electron chi connectivity index (χ3n) is 7.36. The lowest BCUT2D eigenvalue weighted by molar-refractivity contribution is -0.218. The van der Waals surface area contributed by atoms with Crippen molar-refractivity contribution >= 4 is 67.0 Å². The van der Waals surface area contributed by atoms with Crippen molar-refractivity contribution in [2.24, 2.45) is 5.16 Å². The van der Waals surface area contributed by atoms with Gasteiger partial charge in [0, 0.05) is 23.0 Å². The number of carboxylic acids is 1. The highest BCUT2D eigenvalue weighted by molar-refractivity contribution is 7.80. The summed E-state index contributed by atoms with van der Waals surface area (Å²) >= 11 is 1.07. The molecule has 23 heteroatoms. The summed E-state index contributed by atoms with van der Waals surface area (Å²) in [4.78, 5) is 48.4. The molecule has 2 fully saturated rings. The lowest BCUT2D eigenvalue weighted by atomic mass is 9.84. The molecule has 0 unspecified atom stereocenters. The lowest BCUT2D eigenvalue weighted by Gasteiger charge is -2.50. The van der Waals surface area contributed by atoms with E-state index in [4.69, 9.17) is 29.8 Å². The number of ether oxygens (including phenoxy) is 1. The number of oxime groups is 1. The van der Waals surface area contributed by atoms with Crippen LogP contribution in [-0.2, 0) is 33.9 Å². The van der Waals surface area contributed by atoms with Crippen LogP contribution in [0.25, 0.3) is 10.8 Å². The van der Waals surface area contributed by atoms with Gasteiger partial charge in [0.25, 0.3) is 11.8 Å². The number of nitrogen functional groups attached to an aromatic ring is 1. The number of alkyl halides is 3. The molecule has 0 radical (unpaired) electrons. The van der Waals surface area contributed by atoms with E-state index < -0.39 is 45.9 Å². The zero-order valence-corrected chi connectivity index (χ0v) is 28.5. The lowest BCUT2D eigenvalue weighted by Crippen LogP contribution is -2.76. The van der Waals surface area contributed by atoms with Crippen LogP contribution in [0.4, 0.5) is 24.1 Å². The predicted octanol–water partition coefficient (Wildman–Crippen LogP) is 1.71. The van der Waals surface area contributed by atoms with Crippen LogP contribution >= 0.6 is 11.3 Å². The fourth-order valence-corrected chi connectivity index (χ4v) is 5.85. The Kier molecular flexibility index (Phi) is 12.2. The van der Waals surface area contributed by atoms with Crippen molar-refractivity contribution in [3.8, 4) is 5.75 Å². The van der Waals surface area contributed by atoms with Crippen molar-refractivity contribution in [3.05, 3.63) is 41.5 Å². The molecule has 3 aromatic rings. The number of nitrogens with two attached hydrogens (primary N) is 1. The maximum Gasteiger partial charge on any atom is 0.490 e. The Morgan fingerprint density at radius 2 is 1.90 bits per heavy atom. The molecule has 0 aliphatic carbocycles. The van der Waals surface area contributed by atoms with Gasteiger partial charge >= 0.3 is 22.5 Å². The summed E-state index contributed by atoms with van der Waals surface area (Å²) in [5, 5.41) is 24.5. The van der Waals surface area contributed by atoms with Crippen molar-refractivity contribution in [2.45, 2.75) is 50.5 Å². The molecule has 5 rings (SSSR count). The number of thiazole rings is 1. The van der Waals surface area contributed by atoms with Gasteiger partial charge in [0.2, 0.25) is 0 Å². The number of hydrogen-bond acceptors (Lipinski definition) is 15. The first-order chi connectivity index (χ1) is 23.9. The number of halogens is 3. The molecule has 1 aromatic carbocycles. The number of hydroxylamine groups is 2.